The van der Waals surface area contributed by atoms with Gasteiger partial charge < -0.3 is 14.5 Å². The van der Waals surface area contributed by atoms with Crippen LogP contribution in [0.4, 0.5) is 10.1 Å². The number of esters is 1. The summed E-state index contributed by atoms with van der Waals surface area (Å²) in [5.41, 5.74) is 1.16. The number of Topliss-reactive ketones (excluding diaryl/α,β-unsaturated/α-hetero) is 1. The minimum absolute atomic E-state index is 0.279. The van der Waals surface area contributed by atoms with Gasteiger partial charge in [0.25, 0.3) is 0 Å². The van der Waals surface area contributed by atoms with Gasteiger partial charge in [-0.1, -0.05) is 12.1 Å². The third-order valence-corrected chi connectivity index (χ3v) is 3.96. The zero-order chi connectivity index (χ0) is 19.2. The molecule has 1 aromatic heterocycles. The summed E-state index contributed by atoms with van der Waals surface area (Å²) in [4.78, 5) is 24.9. The van der Waals surface area contributed by atoms with Gasteiger partial charge in [-0.25, -0.2) is 9.18 Å². The quantitative estimate of drug-likeness (QED) is 0.493. The van der Waals surface area contributed by atoms with Crippen molar-refractivity contribution >= 4 is 17.4 Å². The van der Waals surface area contributed by atoms with Crippen molar-refractivity contribution in [2.75, 3.05) is 5.32 Å². The van der Waals surface area contributed by atoms with E-state index in [9.17, 15) is 14.0 Å². The molecule has 0 bridgehead atoms. The minimum Gasteiger partial charge on any atom is -0.467 e. The number of carbonyl (C=O) groups excluding carboxylic acids is 2. The standard InChI is InChI=1S/C21H18FNO4/c1-14(20(24)15-8-10-16(22)11-9-15)27-21(25)18-6-2-3-7-19(18)23-13-17-5-4-12-26-17/h2-12,14,23H,13H2,1H3/t14-/m1/s1. The number of nitrogens with one attached hydrogen (secondary N) is 1. The Balaban J connectivity index is 1.68. The number of hydrogen-bond acceptors (Lipinski definition) is 5. The maximum absolute atomic E-state index is 13.0. The van der Waals surface area contributed by atoms with Crippen LogP contribution in [0.5, 0.6) is 0 Å². The predicted octanol–water partition coefficient (Wildman–Crippen LogP) is 4.46. The molecule has 3 aromatic rings. The largest absolute Gasteiger partial charge is 0.467 e. The van der Waals surface area contributed by atoms with Crippen molar-refractivity contribution in [1.29, 1.82) is 0 Å². The Labute approximate surface area is 155 Å². The van der Waals surface area contributed by atoms with Crippen molar-refractivity contribution < 1.29 is 23.1 Å². The Bertz CT molecular complexity index is 920. The predicted molar refractivity (Wildman–Crippen MR) is 98.1 cm³/mol. The number of halogens is 1. The van der Waals surface area contributed by atoms with Crippen LogP contribution in [0.1, 0.15) is 33.4 Å². The first kappa shape index (κ1) is 18.4. The number of ether oxygens (including phenoxy) is 1. The Morgan fingerprint density at radius 1 is 1.07 bits per heavy atom. The van der Waals surface area contributed by atoms with E-state index in [0.717, 1.165) is 5.76 Å². The highest BCUT2D eigenvalue weighted by Crippen LogP contribution is 2.19. The van der Waals surface area contributed by atoms with Crippen LogP contribution in [0.25, 0.3) is 0 Å². The zero-order valence-corrected chi connectivity index (χ0v) is 14.6. The molecule has 1 heterocycles. The number of ketones is 1. The summed E-state index contributed by atoms with van der Waals surface area (Å²) in [5.74, 6) is -0.740. The van der Waals surface area contributed by atoms with Crippen LogP contribution in [0.3, 0.4) is 0 Å². The van der Waals surface area contributed by atoms with Crippen molar-refractivity contribution in [2.45, 2.75) is 19.6 Å². The second-order valence-electron chi connectivity index (χ2n) is 5.90. The van der Waals surface area contributed by atoms with Crippen molar-refractivity contribution in [3.8, 4) is 0 Å². The highest BCUT2D eigenvalue weighted by atomic mass is 19.1. The van der Waals surface area contributed by atoms with Crippen LogP contribution >= 0.6 is 0 Å². The highest BCUT2D eigenvalue weighted by molar-refractivity contribution is 6.02. The molecule has 3 rings (SSSR count). The highest BCUT2D eigenvalue weighted by Gasteiger charge is 2.22. The van der Waals surface area contributed by atoms with E-state index < -0.39 is 23.7 Å². The third kappa shape index (κ3) is 4.61. The monoisotopic (exact) mass is 367 g/mol. The van der Waals surface area contributed by atoms with Crippen LogP contribution in [0.15, 0.2) is 71.3 Å². The number of furan rings is 1. The minimum atomic E-state index is -0.999. The first-order valence-electron chi connectivity index (χ1n) is 8.40. The lowest BCUT2D eigenvalue weighted by Gasteiger charge is -2.15. The number of hydrogen-bond donors (Lipinski definition) is 1. The first-order chi connectivity index (χ1) is 13.0. The SMILES string of the molecule is C[C@@H](OC(=O)c1ccccc1NCc1ccco1)C(=O)c1ccc(F)cc1. The molecule has 27 heavy (non-hydrogen) atoms. The lowest BCUT2D eigenvalue weighted by molar-refractivity contribution is 0.0319. The Morgan fingerprint density at radius 3 is 2.52 bits per heavy atom. The lowest BCUT2D eigenvalue weighted by Crippen LogP contribution is -2.25. The summed E-state index contributed by atoms with van der Waals surface area (Å²) in [5, 5.41) is 3.12. The molecule has 0 aliphatic rings. The summed E-state index contributed by atoms with van der Waals surface area (Å²) in [7, 11) is 0. The lowest BCUT2D eigenvalue weighted by atomic mass is 10.1. The van der Waals surface area contributed by atoms with Gasteiger partial charge in [0.05, 0.1) is 18.4 Å². The second kappa shape index (κ2) is 8.31. The summed E-state index contributed by atoms with van der Waals surface area (Å²) in [6.45, 7) is 1.89. The molecule has 2 aromatic carbocycles. The molecule has 0 radical (unpaired) electrons. The Morgan fingerprint density at radius 2 is 1.81 bits per heavy atom. The number of benzene rings is 2. The van der Waals surface area contributed by atoms with Gasteiger partial charge in [0.1, 0.15) is 11.6 Å². The van der Waals surface area contributed by atoms with Crippen molar-refractivity contribution in [3.63, 3.8) is 0 Å². The molecular formula is C21H18FNO4. The first-order valence-corrected chi connectivity index (χ1v) is 8.40. The molecule has 1 atom stereocenters. The van der Waals surface area contributed by atoms with Crippen molar-refractivity contribution in [3.05, 3.63) is 89.6 Å². The van der Waals surface area contributed by atoms with Crippen molar-refractivity contribution in [1.82, 2.24) is 0 Å². The maximum atomic E-state index is 13.0. The normalized spacial score (nSPS) is 11.6. The van der Waals surface area contributed by atoms with E-state index in [0.29, 0.717) is 17.8 Å². The third-order valence-electron chi connectivity index (χ3n) is 3.96. The molecule has 5 nitrogen and oxygen atoms in total. The average Bonchev–Trinajstić information content (AvgIpc) is 3.20. The van der Waals surface area contributed by atoms with E-state index in [1.807, 2.05) is 6.07 Å². The molecule has 138 valence electrons. The van der Waals surface area contributed by atoms with E-state index in [1.165, 1.54) is 31.2 Å². The van der Waals surface area contributed by atoms with Gasteiger partial charge in [0.2, 0.25) is 5.78 Å². The van der Waals surface area contributed by atoms with E-state index in [2.05, 4.69) is 5.32 Å². The van der Waals surface area contributed by atoms with E-state index in [1.54, 1.807) is 36.6 Å². The van der Waals surface area contributed by atoms with Crippen LogP contribution in [0, 0.1) is 5.82 Å². The molecule has 0 aliphatic carbocycles. The number of anilines is 1. The molecule has 0 saturated carbocycles. The number of carbonyl (C=O) groups is 2. The molecule has 1 N–H and O–H groups in total. The summed E-state index contributed by atoms with van der Waals surface area (Å²) < 4.78 is 23.6. The smallest absolute Gasteiger partial charge is 0.340 e. The fraction of sp³-hybridized carbons (Fsp3) is 0.143. The summed E-state index contributed by atoms with van der Waals surface area (Å²) in [6.07, 6.45) is 0.570. The molecule has 0 unspecified atom stereocenters. The number of rotatable bonds is 7. The Hall–Kier alpha value is -3.41. The zero-order valence-electron chi connectivity index (χ0n) is 14.6. The van der Waals surface area contributed by atoms with Crippen LogP contribution in [0.2, 0.25) is 0 Å². The molecule has 0 saturated heterocycles. The Kier molecular flexibility index (Phi) is 5.66. The number of para-hydroxylation sites is 1. The fourth-order valence-corrected chi connectivity index (χ4v) is 2.54. The second-order valence-corrected chi connectivity index (χ2v) is 5.90. The van der Waals surface area contributed by atoms with Gasteiger partial charge in [-0.05, 0) is 55.5 Å². The van der Waals surface area contributed by atoms with Crippen LogP contribution in [-0.2, 0) is 11.3 Å². The van der Waals surface area contributed by atoms with Crippen LogP contribution in [-0.4, -0.2) is 17.9 Å². The molecular weight excluding hydrogens is 349 g/mol. The summed E-state index contributed by atoms with van der Waals surface area (Å²) >= 11 is 0. The van der Waals surface area contributed by atoms with Crippen LogP contribution < -0.4 is 5.32 Å². The van der Waals surface area contributed by atoms with Gasteiger partial charge in [-0.2, -0.15) is 0 Å². The van der Waals surface area contributed by atoms with E-state index >= 15 is 0 Å². The van der Waals surface area contributed by atoms with Crippen molar-refractivity contribution in [2.24, 2.45) is 0 Å². The van der Waals surface area contributed by atoms with E-state index in [-0.39, 0.29) is 5.56 Å². The molecule has 0 spiro atoms. The van der Waals surface area contributed by atoms with Gasteiger partial charge in [-0.15, -0.1) is 0 Å². The average molecular weight is 367 g/mol. The molecule has 0 aliphatic heterocycles. The summed E-state index contributed by atoms with van der Waals surface area (Å²) in [6, 6.07) is 15.5. The van der Waals surface area contributed by atoms with Gasteiger partial charge in [0, 0.05) is 11.3 Å². The van der Waals surface area contributed by atoms with E-state index in [4.69, 9.17) is 9.15 Å². The van der Waals surface area contributed by atoms with Gasteiger partial charge in [-0.3, -0.25) is 4.79 Å². The molecule has 0 amide bonds. The van der Waals surface area contributed by atoms with Gasteiger partial charge >= 0.3 is 5.97 Å². The molecule has 6 heteroatoms. The topological polar surface area (TPSA) is 68.5 Å². The van der Waals surface area contributed by atoms with Gasteiger partial charge in [0.15, 0.2) is 6.10 Å². The molecule has 0 fully saturated rings. The fourth-order valence-electron chi connectivity index (χ4n) is 2.54. The maximum Gasteiger partial charge on any atom is 0.340 e.